The molecule has 1 saturated carbocycles. The number of alkyl halides is 3. The summed E-state index contributed by atoms with van der Waals surface area (Å²) in [6, 6.07) is 9.22. The summed E-state index contributed by atoms with van der Waals surface area (Å²) in [5.41, 5.74) is -1.55. The van der Waals surface area contributed by atoms with Crippen LogP contribution in [-0.2, 0) is 22.3 Å². The van der Waals surface area contributed by atoms with Crippen molar-refractivity contribution in [1.29, 1.82) is 0 Å². The molecule has 2 aromatic carbocycles. The molecule has 1 saturated heterocycles. The molecule has 2 aliphatic rings. The minimum Gasteiger partial charge on any atom is -0.530 e. The first-order valence-corrected chi connectivity index (χ1v) is 13.6. The fourth-order valence-electron chi connectivity index (χ4n) is 5.07. The highest BCUT2D eigenvalue weighted by molar-refractivity contribution is 6.04. The molecule has 1 aromatic heterocycles. The Labute approximate surface area is 242 Å². The van der Waals surface area contributed by atoms with E-state index < -0.39 is 41.4 Å². The van der Waals surface area contributed by atoms with Crippen LogP contribution >= 0.6 is 0 Å². The molecule has 0 bridgehead atoms. The van der Waals surface area contributed by atoms with Crippen LogP contribution in [0.25, 0.3) is 5.69 Å². The summed E-state index contributed by atoms with van der Waals surface area (Å²) in [5, 5.41) is 18.6. The normalized spacial score (nSPS) is 16.0. The van der Waals surface area contributed by atoms with Crippen LogP contribution < -0.4 is 15.7 Å². The summed E-state index contributed by atoms with van der Waals surface area (Å²) in [5.74, 6) is -2.20. The second kappa shape index (κ2) is 11.9. The van der Waals surface area contributed by atoms with E-state index in [1.165, 1.54) is 41.3 Å². The largest absolute Gasteiger partial charge is 0.530 e. The van der Waals surface area contributed by atoms with Crippen LogP contribution in [0.15, 0.2) is 48.5 Å². The number of halogens is 4. The molecule has 0 spiro atoms. The first kappa shape index (κ1) is 29.7. The molecular weight excluding hydrogens is 574 g/mol. The first-order valence-electron chi connectivity index (χ1n) is 13.6. The molecule has 14 heteroatoms. The summed E-state index contributed by atoms with van der Waals surface area (Å²) >= 11 is 0. The zero-order chi connectivity index (χ0) is 30.9. The lowest BCUT2D eigenvalue weighted by molar-refractivity contribution is -0.251. The average molecular weight is 601 g/mol. The molecule has 2 N–H and O–H groups in total. The SMILES string of the molecule is O=C([O-])NCc1cccc(-n2nc(C(F)(F)F)cc2C(=O)Nc2cc(C(CCC3CC3)N3C(=O)CCC3=O)ccc2F)c1. The molecule has 3 aromatic rings. The van der Waals surface area contributed by atoms with E-state index >= 15 is 0 Å². The molecule has 1 aliphatic heterocycles. The number of carboxylic acid groups (broad SMARTS) is 1. The van der Waals surface area contributed by atoms with Gasteiger partial charge < -0.3 is 20.5 Å². The number of hydrogen-bond donors (Lipinski definition) is 2. The fourth-order valence-corrected chi connectivity index (χ4v) is 5.07. The monoisotopic (exact) mass is 600 g/mol. The van der Waals surface area contributed by atoms with Crippen LogP contribution in [0.4, 0.5) is 28.0 Å². The summed E-state index contributed by atoms with van der Waals surface area (Å²) in [6.07, 6.45) is -3.04. The number of carbonyl (C=O) groups is 4. The standard InChI is InChI=1S/C29H27F4N5O5/c30-20-8-7-18(22(9-6-16-4-5-16)37-25(39)10-11-26(37)40)13-21(20)35-27(41)23-14-24(29(31,32)33)36-38(23)19-3-1-2-17(12-19)15-34-28(42)43/h1-3,7-8,12-14,16,22,34H,4-6,9-11,15H2,(H,35,41)(H,42,43)/p-1. The Morgan fingerprint density at radius 2 is 1.77 bits per heavy atom. The lowest BCUT2D eigenvalue weighted by Gasteiger charge is -2.27. The molecule has 1 unspecified atom stereocenters. The van der Waals surface area contributed by atoms with Gasteiger partial charge in [0, 0.05) is 25.5 Å². The summed E-state index contributed by atoms with van der Waals surface area (Å²) in [7, 11) is 0. The second-order valence-electron chi connectivity index (χ2n) is 10.5. The third-order valence-corrected chi connectivity index (χ3v) is 7.39. The van der Waals surface area contributed by atoms with E-state index in [9.17, 15) is 41.8 Å². The second-order valence-corrected chi connectivity index (χ2v) is 10.5. The van der Waals surface area contributed by atoms with Gasteiger partial charge in [-0.05, 0) is 54.2 Å². The highest BCUT2D eigenvalue weighted by Crippen LogP contribution is 2.39. The molecule has 4 amide bonds. The average Bonchev–Trinajstić information content (AvgIpc) is 3.56. The van der Waals surface area contributed by atoms with Crippen LogP contribution in [0.1, 0.15) is 71.9 Å². The smallest absolute Gasteiger partial charge is 0.435 e. The van der Waals surface area contributed by atoms with Gasteiger partial charge in [-0.25, -0.2) is 9.07 Å². The number of hydrogen-bond acceptors (Lipinski definition) is 6. The highest BCUT2D eigenvalue weighted by atomic mass is 19.4. The van der Waals surface area contributed by atoms with E-state index in [-0.39, 0.29) is 42.6 Å². The Kier molecular flexibility index (Phi) is 8.20. The van der Waals surface area contributed by atoms with E-state index in [0.29, 0.717) is 29.5 Å². The van der Waals surface area contributed by atoms with Gasteiger partial charge in [0.25, 0.3) is 5.91 Å². The van der Waals surface area contributed by atoms with Gasteiger partial charge in [0.15, 0.2) is 5.69 Å². The van der Waals surface area contributed by atoms with Gasteiger partial charge in [0.05, 0.1) is 17.4 Å². The van der Waals surface area contributed by atoms with E-state index in [4.69, 9.17) is 0 Å². The fraction of sp³-hybridized carbons (Fsp3) is 0.345. The predicted octanol–water partition coefficient (Wildman–Crippen LogP) is 4.10. The zero-order valence-electron chi connectivity index (χ0n) is 22.6. The molecule has 2 fully saturated rings. The van der Waals surface area contributed by atoms with Crippen molar-refractivity contribution in [2.75, 3.05) is 5.32 Å². The molecule has 10 nitrogen and oxygen atoms in total. The molecule has 0 radical (unpaired) electrons. The number of rotatable bonds is 10. The molecule has 2 heterocycles. The Hall–Kier alpha value is -4.75. The number of carbonyl (C=O) groups excluding carboxylic acids is 4. The van der Waals surface area contributed by atoms with Gasteiger partial charge in [-0.15, -0.1) is 0 Å². The maximum absolute atomic E-state index is 15.0. The van der Waals surface area contributed by atoms with Gasteiger partial charge in [-0.3, -0.25) is 19.3 Å². The van der Waals surface area contributed by atoms with Crippen molar-refractivity contribution >= 4 is 29.5 Å². The van der Waals surface area contributed by atoms with Crippen molar-refractivity contribution in [2.45, 2.75) is 57.3 Å². The minimum absolute atomic E-state index is 0.0127. The number of nitrogens with zero attached hydrogens (tertiary/aromatic N) is 3. The Bertz CT molecular complexity index is 1570. The van der Waals surface area contributed by atoms with E-state index in [1.54, 1.807) is 0 Å². The predicted molar refractivity (Wildman–Crippen MR) is 141 cm³/mol. The van der Waals surface area contributed by atoms with Crippen LogP contribution in [0, 0.1) is 11.7 Å². The number of likely N-dealkylation sites (tertiary alicyclic amines) is 1. The van der Waals surface area contributed by atoms with Crippen LogP contribution in [0.5, 0.6) is 0 Å². The van der Waals surface area contributed by atoms with Crippen molar-refractivity contribution in [3.8, 4) is 5.69 Å². The Balaban J connectivity index is 1.46. The number of amides is 4. The summed E-state index contributed by atoms with van der Waals surface area (Å²) in [4.78, 5) is 50.4. The van der Waals surface area contributed by atoms with Crippen molar-refractivity contribution in [1.82, 2.24) is 20.0 Å². The van der Waals surface area contributed by atoms with E-state index in [1.807, 2.05) is 5.32 Å². The summed E-state index contributed by atoms with van der Waals surface area (Å²) < 4.78 is 56.5. The quantitative estimate of drug-likeness (QED) is 0.266. The van der Waals surface area contributed by atoms with Crippen LogP contribution in [-0.4, -0.2) is 38.5 Å². The molecule has 5 rings (SSSR count). The maximum Gasteiger partial charge on any atom is 0.435 e. The van der Waals surface area contributed by atoms with Crippen molar-refractivity contribution < 1.29 is 41.8 Å². The zero-order valence-corrected chi connectivity index (χ0v) is 22.6. The lowest BCUT2D eigenvalue weighted by atomic mass is 9.98. The Morgan fingerprint density at radius 1 is 1.05 bits per heavy atom. The van der Waals surface area contributed by atoms with Gasteiger partial charge >= 0.3 is 6.18 Å². The number of anilines is 1. The van der Waals surface area contributed by atoms with Crippen molar-refractivity contribution in [2.24, 2.45) is 5.92 Å². The third kappa shape index (κ3) is 6.84. The number of aromatic nitrogens is 2. The molecule has 43 heavy (non-hydrogen) atoms. The number of benzene rings is 2. The van der Waals surface area contributed by atoms with E-state index in [2.05, 4.69) is 10.4 Å². The molecule has 226 valence electrons. The van der Waals surface area contributed by atoms with Crippen molar-refractivity contribution in [3.05, 3.63) is 76.9 Å². The molecular formula is C29H26F4N5O5-. The van der Waals surface area contributed by atoms with Gasteiger partial charge in [0.1, 0.15) is 17.6 Å². The lowest BCUT2D eigenvalue weighted by Crippen LogP contribution is -2.35. The highest BCUT2D eigenvalue weighted by Gasteiger charge is 2.38. The summed E-state index contributed by atoms with van der Waals surface area (Å²) in [6.45, 7) is -0.215. The first-order chi connectivity index (χ1) is 20.4. The van der Waals surface area contributed by atoms with Gasteiger partial charge in [-0.1, -0.05) is 31.0 Å². The molecule has 1 aliphatic carbocycles. The molecule has 1 atom stereocenters. The maximum atomic E-state index is 15.0. The minimum atomic E-state index is -4.91. The van der Waals surface area contributed by atoms with Gasteiger partial charge in [0.2, 0.25) is 11.8 Å². The van der Waals surface area contributed by atoms with E-state index in [0.717, 1.165) is 30.0 Å². The van der Waals surface area contributed by atoms with Crippen LogP contribution in [0.3, 0.4) is 0 Å². The third-order valence-electron chi connectivity index (χ3n) is 7.39. The number of imide groups is 1. The van der Waals surface area contributed by atoms with Crippen molar-refractivity contribution in [3.63, 3.8) is 0 Å². The van der Waals surface area contributed by atoms with Crippen LogP contribution in [0.2, 0.25) is 0 Å². The van der Waals surface area contributed by atoms with Gasteiger partial charge in [-0.2, -0.15) is 18.3 Å². The number of nitrogens with one attached hydrogen (secondary N) is 2. The Morgan fingerprint density at radius 3 is 2.42 bits per heavy atom. The topological polar surface area (TPSA) is 136 Å².